The summed E-state index contributed by atoms with van der Waals surface area (Å²) in [4.78, 5) is 4.01. The van der Waals surface area contributed by atoms with Gasteiger partial charge in [0.1, 0.15) is 6.10 Å². The highest BCUT2D eigenvalue weighted by Crippen LogP contribution is 2.25. The van der Waals surface area contributed by atoms with E-state index in [4.69, 9.17) is 0 Å². The summed E-state index contributed by atoms with van der Waals surface area (Å²) in [6.45, 7) is 1.57. The second-order valence-electron chi connectivity index (χ2n) is 3.63. The molecule has 2 atom stereocenters. The molecule has 0 spiro atoms. The van der Waals surface area contributed by atoms with E-state index in [2.05, 4.69) is 4.98 Å². The van der Waals surface area contributed by atoms with Gasteiger partial charge in [0.2, 0.25) is 0 Å². The van der Waals surface area contributed by atoms with Crippen LogP contribution in [0.1, 0.15) is 18.6 Å². The van der Waals surface area contributed by atoms with Gasteiger partial charge in [0, 0.05) is 17.8 Å². The molecule has 2 unspecified atom stereocenters. The van der Waals surface area contributed by atoms with Gasteiger partial charge in [-0.15, -0.1) is 0 Å². The summed E-state index contributed by atoms with van der Waals surface area (Å²) < 4.78 is 0. The molecule has 78 valence electrons. The maximum absolute atomic E-state index is 9.83. The first-order chi connectivity index (χ1) is 7.20. The predicted octanol–water partition coefficient (Wildman–Crippen LogP) is 1.65. The molecular formula is C12H13NO2. The van der Waals surface area contributed by atoms with Crippen LogP contribution in [0.15, 0.2) is 36.7 Å². The first-order valence-electron chi connectivity index (χ1n) is 4.89. The Bertz CT molecular complexity index is 463. The summed E-state index contributed by atoms with van der Waals surface area (Å²) in [5.74, 6) is 0. The lowest BCUT2D eigenvalue weighted by Gasteiger charge is -2.15. The second-order valence-corrected chi connectivity index (χ2v) is 3.63. The number of rotatable bonds is 2. The van der Waals surface area contributed by atoms with Crippen LogP contribution in [0.5, 0.6) is 0 Å². The van der Waals surface area contributed by atoms with E-state index < -0.39 is 12.2 Å². The van der Waals surface area contributed by atoms with E-state index in [-0.39, 0.29) is 0 Å². The summed E-state index contributed by atoms with van der Waals surface area (Å²) >= 11 is 0. The molecule has 0 saturated carbocycles. The molecule has 3 heteroatoms. The molecular weight excluding hydrogens is 190 g/mol. The molecule has 0 aliphatic carbocycles. The molecule has 1 heterocycles. The van der Waals surface area contributed by atoms with Gasteiger partial charge in [0.15, 0.2) is 0 Å². The number of hydrogen-bond donors (Lipinski definition) is 2. The number of aliphatic hydroxyl groups excluding tert-OH is 2. The smallest absolute Gasteiger partial charge is 0.105 e. The lowest BCUT2D eigenvalue weighted by atomic mass is 9.99. The van der Waals surface area contributed by atoms with Crippen LogP contribution in [-0.2, 0) is 0 Å². The molecule has 3 nitrogen and oxygen atoms in total. The molecule has 2 aromatic rings. The first-order valence-corrected chi connectivity index (χ1v) is 4.89. The van der Waals surface area contributed by atoms with Crippen molar-refractivity contribution in [2.45, 2.75) is 19.1 Å². The van der Waals surface area contributed by atoms with E-state index in [1.165, 1.54) is 0 Å². The highest BCUT2D eigenvalue weighted by atomic mass is 16.3. The van der Waals surface area contributed by atoms with Gasteiger partial charge in [-0.25, -0.2) is 0 Å². The molecule has 15 heavy (non-hydrogen) atoms. The Morgan fingerprint density at radius 3 is 2.73 bits per heavy atom. The van der Waals surface area contributed by atoms with Crippen LogP contribution in [0.3, 0.4) is 0 Å². The summed E-state index contributed by atoms with van der Waals surface area (Å²) in [6.07, 6.45) is 1.80. The first kappa shape index (κ1) is 10.1. The molecule has 0 bridgehead atoms. The summed E-state index contributed by atoms with van der Waals surface area (Å²) in [7, 11) is 0. The average Bonchev–Trinajstić information content (AvgIpc) is 2.27. The van der Waals surface area contributed by atoms with E-state index in [1.54, 1.807) is 19.3 Å². The fourth-order valence-electron chi connectivity index (χ4n) is 1.67. The maximum Gasteiger partial charge on any atom is 0.105 e. The van der Waals surface area contributed by atoms with E-state index in [1.807, 2.05) is 24.3 Å². The molecule has 1 aromatic heterocycles. The fourth-order valence-corrected chi connectivity index (χ4v) is 1.67. The minimum Gasteiger partial charge on any atom is -0.390 e. The van der Waals surface area contributed by atoms with Gasteiger partial charge in [-0.05, 0) is 23.9 Å². The number of pyridine rings is 1. The van der Waals surface area contributed by atoms with Crippen molar-refractivity contribution in [2.75, 3.05) is 0 Å². The minimum atomic E-state index is -0.851. The third-order valence-electron chi connectivity index (χ3n) is 2.49. The Morgan fingerprint density at radius 1 is 1.20 bits per heavy atom. The van der Waals surface area contributed by atoms with Crippen LogP contribution in [-0.4, -0.2) is 21.3 Å². The SMILES string of the molecule is CC(O)C(O)c1cccc2cnccc12. The molecule has 2 N–H and O–H groups in total. The van der Waals surface area contributed by atoms with Crippen LogP contribution < -0.4 is 0 Å². The van der Waals surface area contributed by atoms with Crippen molar-refractivity contribution in [3.63, 3.8) is 0 Å². The Morgan fingerprint density at radius 2 is 2.00 bits per heavy atom. The summed E-state index contributed by atoms with van der Waals surface area (Å²) in [5.41, 5.74) is 0.741. The van der Waals surface area contributed by atoms with Crippen molar-refractivity contribution in [3.05, 3.63) is 42.2 Å². The quantitative estimate of drug-likeness (QED) is 0.780. The number of benzene rings is 1. The van der Waals surface area contributed by atoms with Gasteiger partial charge < -0.3 is 10.2 Å². The third kappa shape index (κ3) is 1.84. The highest BCUT2D eigenvalue weighted by Gasteiger charge is 2.15. The van der Waals surface area contributed by atoms with Crippen LogP contribution in [0.25, 0.3) is 10.8 Å². The van der Waals surface area contributed by atoms with Crippen LogP contribution in [0.4, 0.5) is 0 Å². The topological polar surface area (TPSA) is 53.4 Å². The predicted molar refractivity (Wildman–Crippen MR) is 58.4 cm³/mol. The van der Waals surface area contributed by atoms with E-state index in [9.17, 15) is 10.2 Å². The van der Waals surface area contributed by atoms with Crippen LogP contribution >= 0.6 is 0 Å². The van der Waals surface area contributed by atoms with Crippen molar-refractivity contribution < 1.29 is 10.2 Å². The van der Waals surface area contributed by atoms with E-state index in [0.29, 0.717) is 0 Å². The van der Waals surface area contributed by atoms with E-state index >= 15 is 0 Å². The van der Waals surface area contributed by atoms with Crippen molar-refractivity contribution in [3.8, 4) is 0 Å². The zero-order valence-electron chi connectivity index (χ0n) is 8.46. The third-order valence-corrected chi connectivity index (χ3v) is 2.49. The van der Waals surface area contributed by atoms with E-state index in [0.717, 1.165) is 16.3 Å². The second kappa shape index (κ2) is 3.96. The molecule has 1 aromatic carbocycles. The number of hydrogen-bond acceptors (Lipinski definition) is 3. The van der Waals surface area contributed by atoms with Crippen molar-refractivity contribution in [1.82, 2.24) is 4.98 Å². The van der Waals surface area contributed by atoms with Crippen LogP contribution in [0.2, 0.25) is 0 Å². The molecule has 2 rings (SSSR count). The Hall–Kier alpha value is -1.45. The Balaban J connectivity index is 2.60. The lowest BCUT2D eigenvalue weighted by molar-refractivity contribution is 0.0314. The number of nitrogens with zero attached hydrogens (tertiary/aromatic N) is 1. The maximum atomic E-state index is 9.83. The molecule has 0 saturated heterocycles. The molecule has 0 fully saturated rings. The van der Waals surface area contributed by atoms with Crippen molar-refractivity contribution in [2.24, 2.45) is 0 Å². The number of aliphatic hydroxyl groups is 2. The summed E-state index contributed by atoms with van der Waals surface area (Å²) in [5, 5.41) is 21.1. The molecule has 0 radical (unpaired) electrons. The zero-order chi connectivity index (χ0) is 10.8. The van der Waals surface area contributed by atoms with Gasteiger partial charge in [-0.3, -0.25) is 4.98 Å². The fraction of sp³-hybridized carbons (Fsp3) is 0.250. The van der Waals surface area contributed by atoms with Crippen molar-refractivity contribution in [1.29, 1.82) is 0 Å². The normalized spacial score (nSPS) is 15.1. The highest BCUT2D eigenvalue weighted by molar-refractivity contribution is 5.85. The van der Waals surface area contributed by atoms with Gasteiger partial charge >= 0.3 is 0 Å². The molecule has 0 amide bonds. The average molecular weight is 203 g/mol. The Kier molecular flexibility index (Phi) is 2.66. The number of aromatic nitrogens is 1. The van der Waals surface area contributed by atoms with Gasteiger partial charge in [0.25, 0.3) is 0 Å². The zero-order valence-corrected chi connectivity index (χ0v) is 8.46. The van der Waals surface area contributed by atoms with Gasteiger partial charge in [-0.1, -0.05) is 18.2 Å². The molecule has 0 aliphatic heterocycles. The largest absolute Gasteiger partial charge is 0.390 e. The standard InChI is InChI=1S/C12H13NO2/c1-8(14)12(15)11-4-2-3-9-7-13-6-5-10(9)11/h2-8,12,14-15H,1H3. The van der Waals surface area contributed by atoms with Crippen LogP contribution in [0, 0.1) is 0 Å². The lowest BCUT2D eigenvalue weighted by Crippen LogP contribution is -2.14. The van der Waals surface area contributed by atoms with Gasteiger partial charge in [0.05, 0.1) is 6.10 Å². The van der Waals surface area contributed by atoms with Crippen molar-refractivity contribution >= 4 is 10.8 Å². The monoisotopic (exact) mass is 203 g/mol. The van der Waals surface area contributed by atoms with Gasteiger partial charge in [-0.2, -0.15) is 0 Å². The minimum absolute atomic E-state index is 0.741. The Labute approximate surface area is 88.0 Å². The number of fused-ring (bicyclic) bond motifs is 1. The molecule has 0 aliphatic rings. The summed E-state index contributed by atoms with van der Waals surface area (Å²) in [6, 6.07) is 7.45.